The molecule has 0 saturated heterocycles. The van der Waals surface area contributed by atoms with E-state index in [-0.39, 0.29) is 120 Å². The van der Waals surface area contributed by atoms with Gasteiger partial charge in [0.2, 0.25) is 4.77 Å². The SMILES string of the molecule is O=S(=O)([O-])CCCSc1nc(SCCCS(=O)(=O)[O-])[nH]c(=S)n1.[K+].[K+]. The summed E-state index contributed by atoms with van der Waals surface area (Å²) in [5, 5.41) is 0.753. The summed E-state index contributed by atoms with van der Waals surface area (Å²) >= 11 is 7.30. The summed E-state index contributed by atoms with van der Waals surface area (Å²) in [7, 11) is -8.46. The second kappa shape index (κ2) is 14.9. The number of hydrogen-bond acceptors (Lipinski definition) is 11. The quantitative estimate of drug-likeness (QED) is 0.108. The predicted octanol–water partition coefficient (Wildman–Crippen LogP) is -5.40. The van der Waals surface area contributed by atoms with Gasteiger partial charge >= 0.3 is 103 Å². The summed E-state index contributed by atoms with van der Waals surface area (Å²) in [4.78, 5) is 10.8. The van der Waals surface area contributed by atoms with Gasteiger partial charge in [0, 0.05) is 23.0 Å². The van der Waals surface area contributed by atoms with Gasteiger partial charge in [-0.15, -0.1) is 0 Å². The molecule has 1 heterocycles. The normalized spacial score (nSPS) is 11.4. The third-order valence-corrected chi connectivity index (χ3v) is 5.82. The van der Waals surface area contributed by atoms with Gasteiger partial charge in [0.1, 0.15) is 0 Å². The number of hydrogen-bond donors (Lipinski definition) is 1. The van der Waals surface area contributed by atoms with E-state index >= 15 is 0 Å². The van der Waals surface area contributed by atoms with Gasteiger partial charge in [-0.1, -0.05) is 23.5 Å². The first-order valence-electron chi connectivity index (χ1n) is 6.16. The van der Waals surface area contributed by atoms with E-state index in [2.05, 4.69) is 15.0 Å². The fourth-order valence-corrected chi connectivity index (χ4v) is 4.59. The Morgan fingerprint density at radius 1 is 0.920 bits per heavy atom. The van der Waals surface area contributed by atoms with E-state index in [1.807, 2.05) is 0 Å². The zero-order chi connectivity index (χ0) is 17.5. The molecule has 1 rings (SSSR count). The number of H-pyrrole nitrogens is 1. The van der Waals surface area contributed by atoms with Crippen LogP contribution in [0.4, 0.5) is 0 Å². The Morgan fingerprint density at radius 3 is 1.88 bits per heavy atom. The van der Waals surface area contributed by atoms with E-state index in [4.69, 9.17) is 12.2 Å². The van der Waals surface area contributed by atoms with E-state index in [0.717, 1.165) is 11.8 Å². The smallest absolute Gasteiger partial charge is 0.748 e. The van der Waals surface area contributed by atoms with Crippen LogP contribution in [0.1, 0.15) is 12.8 Å². The van der Waals surface area contributed by atoms with Crippen LogP contribution in [0.25, 0.3) is 0 Å². The average Bonchev–Trinajstić information content (AvgIpc) is 2.37. The van der Waals surface area contributed by atoms with Crippen LogP contribution in [-0.4, -0.2) is 63.9 Å². The maximum Gasteiger partial charge on any atom is 1.00 e. The van der Waals surface area contributed by atoms with E-state index < -0.39 is 31.7 Å². The molecule has 0 amide bonds. The second-order valence-corrected chi connectivity index (χ2v) is 9.75. The van der Waals surface area contributed by atoms with Gasteiger partial charge in [-0.3, -0.25) is 0 Å². The van der Waals surface area contributed by atoms with Crippen LogP contribution in [-0.2, 0) is 20.2 Å². The standard InChI is InChI=1S/C9H15N3O6S5.2K/c13-22(14,15)5-1-3-20-8-10-7(19)11-9(12-8)21-4-2-6-23(16,17)18;;/h1-6H2,(H,13,14,15)(H,16,17,18)(H,10,11,12,19);;/q;2*+1/p-2. The van der Waals surface area contributed by atoms with Crippen LogP contribution < -0.4 is 103 Å². The van der Waals surface area contributed by atoms with Crippen LogP contribution >= 0.6 is 35.7 Å². The maximum absolute atomic E-state index is 10.5. The summed E-state index contributed by atoms with van der Waals surface area (Å²) in [5.74, 6) is -0.191. The van der Waals surface area contributed by atoms with Crippen molar-refractivity contribution < 1.29 is 129 Å². The molecule has 9 nitrogen and oxygen atoms in total. The fourth-order valence-electron chi connectivity index (χ4n) is 1.28. The average molecular weight is 498 g/mol. The van der Waals surface area contributed by atoms with E-state index in [1.165, 1.54) is 11.8 Å². The maximum atomic E-state index is 10.5. The van der Waals surface area contributed by atoms with Crippen LogP contribution in [0.5, 0.6) is 0 Å². The number of nitrogens with one attached hydrogen (secondary N) is 1. The Kier molecular flexibility index (Phi) is 18.0. The zero-order valence-electron chi connectivity index (χ0n) is 13.6. The molecule has 0 aliphatic rings. The fraction of sp³-hybridized carbons (Fsp3) is 0.667. The summed E-state index contributed by atoms with van der Waals surface area (Å²) in [6.45, 7) is 0. The molecule has 0 aromatic carbocycles. The Morgan fingerprint density at radius 2 is 1.40 bits per heavy atom. The second-order valence-electron chi connectivity index (χ2n) is 4.17. The summed E-state index contributed by atoms with van der Waals surface area (Å²) in [6, 6.07) is 0. The largest absolute Gasteiger partial charge is 1.00 e. The molecule has 0 aliphatic carbocycles. The van der Waals surface area contributed by atoms with Crippen molar-refractivity contribution in [2.45, 2.75) is 23.2 Å². The van der Waals surface area contributed by atoms with Crippen LogP contribution in [0, 0.1) is 4.77 Å². The minimum absolute atomic E-state index is 0. The minimum atomic E-state index is -4.23. The molecule has 0 spiro atoms. The monoisotopic (exact) mass is 497 g/mol. The Balaban J connectivity index is 0. The zero-order valence-corrected chi connectivity index (χ0v) is 24.0. The van der Waals surface area contributed by atoms with E-state index in [0.29, 0.717) is 21.8 Å². The summed E-state index contributed by atoms with van der Waals surface area (Å²) < 4.78 is 63.1. The topological polar surface area (TPSA) is 156 Å². The van der Waals surface area contributed by atoms with Gasteiger partial charge in [0.05, 0.1) is 20.2 Å². The van der Waals surface area contributed by atoms with Gasteiger partial charge in [-0.05, 0) is 25.1 Å². The molecule has 0 aliphatic heterocycles. The third-order valence-electron chi connectivity index (χ3n) is 2.16. The van der Waals surface area contributed by atoms with Crippen molar-refractivity contribution in [3.8, 4) is 0 Å². The van der Waals surface area contributed by atoms with E-state index in [1.54, 1.807) is 0 Å². The molecule has 0 unspecified atom stereocenters. The van der Waals surface area contributed by atoms with Crippen molar-refractivity contribution in [1.82, 2.24) is 15.0 Å². The molecule has 1 aromatic heterocycles. The van der Waals surface area contributed by atoms with Gasteiger partial charge in [-0.2, -0.15) is 9.97 Å². The van der Waals surface area contributed by atoms with Crippen molar-refractivity contribution in [2.24, 2.45) is 0 Å². The molecule has 0 saturated carbocycles. The molecule has 1 N–H and O–H groups in total. The minimum Gasteiger partial charge on any atom is -0.748 e. The number of aromatic nitrogens is 3. The first-order chi connectivity index (χ1) is 10.6. The Bertz CT molecular complexity index is 724. The molecule has 132 valence electrons. The van der Waals surface area contributed by atoms with Gasteiger partial charge in [-0.25, -0.2) is 16.8 Å². The number of nitrogens with zero attached hydrogens (tertiary/aromatic N) is 2. The van der Waals surface area contributed by atoms with Crippen molar-refractivity contribution in [2.75, 3.05) is 23.0 Å². The number of thioether (sulfide) groups is 2. The molecular weight excluding hydrogens is 485 g/mol. The van der Waals surface area contributed by atoms with Crippen molar-refractivity contribution in [3.63, 3.8) is 0 Å². The van der Waals surface area contributed by atoms with Gasteiger partial charge in [0.15, 0.2) is 10.3 Å². The Hall–Kier alpha value is 3.02. The molecule has 0 fully saturated rings. The molecule has 0 radical (unpaired) electrons. The summed E-state index contributed by atoms with van der Waals surface area (Å²) in [6.07, 6.45) is 0.361. The van der Waals surface area contributed by atoms with Gasteiger partial charge < -0.3 is 14.1 Å². The van der Waals surface area contributed by atoms with Crippen molar-refractivity contribution in [3.05, 3.63) is 4.77 Å². The van der Waals surface area contributed by atoms with Crippen LogP contribution in [0.3, 0.4) is 0 Å². The molecule has 1 aromatic rings. The Labute approximate surface area is 245 Å². The van der Waals surface area contributed by atoms with Crippen molar-refractivity contribution in [1.29, 1.82) is 0 Å². The first-order valence-corrected chi connectivity index (χ1v) is 11.7. The van der Waals surface area contributed by atoms with Crippen molar-refractivity contribution >= 4 is 56.0 Å². The molecular formula is C9H13K2N3O6S5. The van der Waals surface area contributed by atoms with Crippen LogP contribution in [0.2, 0.25) is 0 Å². The molecule has 0 atom stereocenters. The molecule has 0 bridgehead atoms. The number of rotatable bonds is 10. The first kappa shape index (κ1) is 30.2. The molecule has 16 heteroatoms. The van der Waals surface area contributed by atoms with Crippen LogP contribution in [0.15, 0.2) is 10.3 Å². The number of aromatic amines is 1. The van der Waals surface area contributed by atoms with E-state index in [9.17, 15) is 25.9 Å². The third kappa shape index (κ3) is 17.6. The molecule has 25 heavy (non-hydrogen) atoms. The van der Waals surface area contributed by atoms with Gasteiger partial charge in [0.25, 0.3) is 0 Å². The predicted molar refractivity (Wildman–Crippen MR) is 87.0 cm³/mol. The summed E-state index contributed by atoms with van der Waals surface area (Å²) in [5.41, 5.74) is 0.